The van der Waals surface area contributed by atoms with E-state index in [1.165, 1.54) is 6.92 Å². The van der Waals surface area contributed by atoms with Gasteiger partial charge >= 0.3 is 17.9 Å². The Balaban J connectivity index is 1.86. The fourth-order valence-corrected chi connectivity index (χ4v) is 8.25. The molecule has 2 N–H and O–H groups in total. The number of Topliss-reactive ketones (excluding diaryl/α,β-unsaturated/α-hetero) is 1. The minimum Gasteiger partial charge on any atom is -0.455 e. The number of ketones is 1. The SMILES string of the molecule is CC(=O)OC1=C2C(C)[C@@H](O)C[C@@](O)([C@@H](OC(=O)c3ccccc3)C3[C@]4(OC(C)=O)COC4CC(Cl)[C@@]3(C)C1=O)C2(C)C. The van der Waals surface area contributed by atoms with Crippen LogP contribution in [0, 0.1) is 22.7 Å². The molecular formula is C31H37ClO10. The van der Waals surface area contributed by atoms with Crippen molar-refractivity contribution in [1.29, 1.82) is 0 Å². The Morgan fingerprint density at radius 1 is 1.07 bits per heavy atom. The van der Waals surface area contributed by atoms with Crippen LogP contribution in [0.15, 0.2) is 41.7 Å². The smallest absolute Gasteiger partial charge is 0.338 e. The molecule has 1 saturated heterocycles. The number of aliphatic hydroxyl groups excluding tert-OH is 1. The number of ether oxygens (including phenoxy) is 4. The molecule has 5 rings (SSSR count). The lowest BCUT2D eigenvalue weighted by atomic mass is 9.45. The highest BCUT2D eigenvalue weighted by molar-refractivity contribution is 6.24. The van der Waals surface area contributed by atoms with Crippen LogP contribution >= 0.6 is 11.6 Å². The largest absolute Gasteiger partial charge is 0.455 e. The van der Waals surface area contributed by atoms with E-state index in [2.05, 4.69) is 0 Å². The lowest BCUT2D eigenvalue weighted by molar-refractivity contribution is -0.331. The second kappa shape index (κ2) is 10.1. The molecule has 228 valence electrons. The molecule has 3 aliphatic carbocycles. The first-order chi connectivity index (χ1) is 19.5. The summed E-state index contributed by atoms with van der Waals surface area (Å²) >= 11 is 7.03. The second-order valence-electron chi connectivity index (χ2n) is 12.8. The molecule has 11 heteroatoms. The maximum atomic E-state index is 14.8. The standard InChI is InChI=1S/C31H37ClO10/c1-15-19(35)13-31(38)26(41-27(37)18-10-8-7-9-11-18)24-29(6,20(32)12-21-30(24,14-39-21)42-17(3)34)25(36)23(40-16(2)33)22(15)28(31,4)5/h7-11,15,19-21,24,26,35,38H,12-14H2,1-6H3/t15?,19-,20?,21?,24?,26-,29+,30-,31+/m0/s1. The molecule has 0 spiro atoms. The highest BCUT2D eigenvalue weighted by Crippen LogP contribution is 2.65. The lowest BCUT2D eigenvalue weighted by Crippen LogP contribution is -2.80. The molecule has 1 aliphatic heterocycles. The van der Waals surface area contributed by atoms with Gasteiger partial charge in [-0.1, -0.05) is 45.9 Å². The highest BCUT2D eigenvalue weighted by atomic mass is 35.5. The van der Waals surface area contributed by atoms with E-state index in [0.717, 1.165) is 6.92 Å². The Morgan fingerprint density at radius 3 is 2.26 bits per heavy atom. The fourth-order valence-electron chi connectivity index (χ4n) is 7.86. The fraction of sp³-hybridized carbons (Fsp3) is 0.613. The summed E-state index contributed by atoms with van der Waals surface area (Å²) in [6.07, 6.45) is -3.69. The predicted molar refractivity (Wildman–Crippen MR) is 148 cm³/mol. The molecule has 10 nitrogen and oxygen atoms in total. The Labute approximate surface area is 249 Å². The van der Waals surface area contributed by atoms with Crippen LogP contribution in [-0.4, -0.2) is 75.4 Å². The summed E-state index contributed by atoms with van der Waals surface area (Å²) in [5.41, 5.74) is -6.27. The number of fused-ring (bicyclic) bond motifs is 5. The van der Waals surface area contributed by atoms with E-state index in [1.54, 1.807) is 58.0 Å². The number of rotatable bonds is 4. The number of hydrogen-bond acceptors (Lipinski definition) is 10. The molecule has 4 aliphatic rings. The Kier molecular flexibility index (Phi) is 7.41. The van der Waals surface area contributed by atoms with Gasteiger partial charge in [0.25, 0.3) is 0 Å². The van der Waals surface area contributed by atoms with Gasteiger partial charge in [-0.15, -0.1) is 11.6 Å². The second-order valence-corrected chi connectivity index (χ2v) is 13.3. The predicted octanol–water partition coefficient (Wildman–Crippen LogP) is 3.10. The van der Waals surface area contributed by atoms with Gasteiger partial charge in [0.1, 0.15) is 17.8 Å². The molecule has 0 aromatic heterocycles. The van der Waals surface area contributed by atoms with Crippen molar-refractivity contribution in [3.63, 3.8) is 0 Å². The number of halogens is 1. The van der Waals surface area contributed by atoms with E-state index >= 15 is 0 Å². The van der Waals surface area contributed by atoms with E-state index in [9.17, 15) is 29.4 Å². The van der Waals surface area contributed by atoms with E-state index in [0.29, 0.717) is 0 Å². The minimum atomic E-state index is -2.06. The Morgan fingerprint density at radius 2 is 1.71 bits per heavy atom. The average molecular weight is 605 g/mol. The normalized spacial score (nSPS) is 40.4. The highest BCUT2D eigenvalue weighted by Gasteiger charge is 2.77. The number of carbonyl (C=O) groups excluding carboxylic acids is 4. The molecule has 9 atom stereocenters. The first-order valence-corrected chi connectivity index (χ1v) is 14.6. The summed E-state index contributed by atoms with van der Waals surface area (Å²) in [5, 5.41) is 23.2. The molecule has 0 amide bonds. The number of carbonyl (C=O) groups is 4. The number of allylic oxidation sites excluding steroid dienone is 1. The van der Waals surface area contributed by atoms with Crippen molar-refractivity contribution in [3.8, 4) is 0 Å². The number of esters is 3. The number of alkyl halides is 1. The first-order valence-electron chi connectivity index (χ1n) is 14.1. The van der Waals surface area contributed by atoms with Crippen LogP contribution in [-0.2, 0) is 33.3 Å². The molecular weight excluding hydrogens is 568 g/mol. The van der Waals surface area contributed by atoms with Crippen molar-refractivity contribution in [1.82, 2.24) is 0 Å². The van der Waals surface area contributed by atoms with Crippen LogP contribution in [0.3, 0.4) is 0 Å². The van der Waals surface area contributed by atoms with Crippen molar-refractivity contribution >= 4 is 35.3 Å². The Hall–Kier alpha value is -2.79. The molecule has 3 fully saturated rings. The quantitative estimate of drug-likeness (QED) is 0.299. The average Bonchev–Trinajstić information content (AvgIpc) is 2.90. The zero-order chi connectivity index (χ0) is 31.0. The van der Waals surface area contributed by atoms with Crippen molar-refractivity contribution in [2.24, 2.45) is 22.7 Å². The first kappa shape index (κ1) is 30.7. The van der Waals surface area contributed by atoms with Gasteiger partial charge in [0.2, 0.25) is 5.78 Å². The van der Waals surface area contributed by atoms with E-state index < -0.39 is 81.2 Å². The van der Waals surface area contributed by atoms with Crippen molar-refractivity contribution < 1.29 is 48.3 Å². The van der Waals surface area contributed by atoms with E-state index in [1.807, 2.05) is 0 Å². The van der Waals surface area contributed by atoms with Gasteiger partial charge in [-0.05, 0) is 24.1 Å². The summed E-state index contributed by atoms with van der Waals surface area (Å²) in [7, 11) is 0. The zero-order valence-corrected chi connectivity index (χ0v) is 25.3. The van der Waals surface area contributed by atoms with E-state index in [-0.39, 0.29) is 36.3 Å². The molecule has 1 aromatic rings. The summed E-state index contributed by atoms with van der Waals surface area (Å²) in [6.45, 7) is 8.77. The summed E-state index contributed by atoms with van der Waals surface area (Å²) in [4.78, 5) is 53.6. The molecule has 4 unspecified atom stereocenters. The summed E-state index contributed by atoms with van der Waals surface area (Å²) < 4.78 is 23.7. The molecule has 2 saturated carbocycles. The Bertz CT molecular complexity index is 1360. The van der Waals surface area contributed by atoms with Crippen molar-refractivity contribution in [2.45, 2.75) is 89.3 Å². The van der Waals surface area contributed by atoms with Crippen LogP contribution in [0.2, 0.25) is 0 Å². The third-order valence-electron chi connectivity index (χ3n) is 10.1. The van der Waals surface area contributed by atoms with Crippen molar-refractivity contribution in [3.05, 3.63) is 47.2 Å². The number of benzene rings is 1. The molecule has 1 heterocycles. The number of hydrogen-bond donors (Lipinski definition) is 2. The maximum absolute atomic E-state index is 14.8. The van der Waals surface area contributed by atoms with Crippen LogP contribution in [0.1, 0.15) is 64.7 Å². The van der Waals surface area contributed by atoms with Crippen LogP contribution in [0.5, 0.6) is 0 Å². The van der Waals surface area contributed by atoms with Crippen LogP contribution < -0.4 is 0 Å². The van der Waals surface area contributed by atoms with Gasteiger partial charge in [-0.3, -0.25) is 14.4 Å². The third-order valence-corrected chi connectivity index (χ3v) is 10.8. The van der Waals surface area contributed by atoms with Gasteiger partial charge in [0, 0.05) is 37.0 Å². The van der Waals surface area contributed by atoms with Gasteiger partial charge in [0.05, 0.1) is 29.6 Å². The molecule has 1 aromatic carbocycles. The topological polar surface area (TPSA) is 146 Å². The van der Waals surface area contributed by atoms with Crippen LogP contribution in [0.25, 0.3) is 0 Å². The lowest BCUT2D eigenvalue weighted by Gasteiger charge is -2.67. The van der Waals surface area contributed by atoms with Gasteiger partial charge in [-0.25, -0.2) is 4.79 Å². The monoisotopic (exact) mass is 604 g/mol. The van der Waals surface area contributed by atoms with Gasteiger partial charge in [0.15, 0.2) is 11.4 Å². The van der Waals surface area contributed by atoms with E-state index in [4.69, 9.17) is 30.5 Å². The maximum Gasteiger partial charge on any atom is 0.338 e. The third kappa shape index (κ3) is 4.17. The van der Waals surface area contributed by atoms with Gasteiger partial charge < -0.3 is 29.2 Å². The van der Waals surface area contributed by atoms with Crippen molar-refractivity contribution in [2.75, 3.05) is 6.61 Å². The summed E-state index contributed by atoms with van der Waals surface area (Å²) in [6, 6.07) is 8.15. The minimum absolute atomic E-state index is 0.0929. The molecule has 42 heavy (non-hydrogen) atoms. The number of aliphatic hydroxyl groups is 2. The summed E-state index contributed by atoms with van der Waals surface area (Å²) in [5.74, 6) is -5.20. The molecule has 2 bridgehead atoms. The molecule has 0 radical (unpaired) electrons. The van der Waals surface area contributed by atoms with Gasteiger partial charge in [-0.2, -0.15) is 0 Å². The zero-order valence-electron chi connectivity index (χ0n) is 24.5. The van der Waals surface area contributed by atoms with Crippen LogP contribution in [0.4, 0.5) is 0 Å².